The van der Waals surface area contributed by atoms with Crippen LogP contribution in [0, 0.1) is 5.92 Å². The number of hydrazone groups is 1. The van der Waals surface area contributed by atoms with Gasteiger partial charge in [-0.15, -0.1) is 0 Å². The largest absolute Gasteiger partial charge is 0.416 e. The van der Waals surface area contributed by atoms with Crippen molar-refractivity contribution in [3.05, 3.63) is 59.2 Å². The zero-order chi connectivity index (χ0) is 21.4. The minimum atomic E-state index is -4.92. The minimum Gasteiger partial charge on any atom is -0.356 e. The second-order valence-corrected chi connectivity index (χ2v) is 6.63. The lowest BCUT2D eigenvalue weighted by Crippen LogP contribution is -2.31. The van der Waals surface area contributed by atoms with Gasteiger partial charge in [0.2, 0.25) is 5.91 Å². The third-order valence-electron chi connectivity index (χ3n) is 4.32. The number of carbonyl (C=O) groups is 1. The number of nitrogens with zero attached hydrogens (tertiary/aromatic N) is 1. The van der Waals surface area contributed by atoms with E-state index < -0.39 is 23.5 Å². The summed E-state index contributed by atoms with van der Waals surface area (Å²) in [5.74, 6) is -0.329. The molecule has 1 aliphatic rings. The van der Waals surface area contributed by atoms with Crippen LogP contribution in [0.15, 0.2) is 47.6 Å². The molecule has 2 aromatic rings. The SMILES string of the molecule is CC1CC(=O)NN=C1c1ccc(Nc2cc(C(F)(F)F)cc(C(F)(F)F)c2)cc1. The van der Waals surface area contributed by atoms with Gasteiger partial charge in [-0.1, -0.05) is 19.1 Å². The molecular formula is C19H15F6N3O. The smallest absolute Gasteiger partial charge is 0.356 e. The first-order valence-electron chi connectivity index (χ1n) is 8.47. The van der Waals surface area contributed by atoms with Crippen molar-refractivity contribution in [2.24, 2.45) is 11.0 Å². The Balaban J connectivity index is 1.87. The van der Waals surface area contributed by atoms with Gasteiger partial charge in [0.15, 0.2) is 0 Å². The number of amides is 1. The molecule has 154 valence electrons. The third-order valence-corrected chi connectivity index (χ3v) is 4.32. The molecule has 1 atom stereocenters. The normalized spacial score (nSPS) is 17.6. The molecule has 0 radical (unpaired) electrons. The van der Waals surface area contributed by atoms with Gasteiger partial charge in [-0.3, -0.25) is 4.79 Å². The number of halogens is 6. The summed E-state index contributed by atoms with van der Waals surface area (Å²) in [5, 5.41) is 6.57. The number of alkyl halides is 6. The average Bonchev–Trinajstić information content (AvgIpc) is 2.61. The number of rotatable bonds is 3. The summed E-state index contributed by atoms with van der Waals surface area (Å²) < 4.78 is 77.8. The molecule has 0 fully saturated rings. The number of anilines is 2. The Morgan fingerprint density at radius 2 is 1.48 bits per heavy atom. The molecule has 1 heterocycles. The zero-order valence-corrected chi connectivity index (χ0v) is 14.9. The first kappa shape index (κ1) is 20.7. The van der Waals surface area contributed by atoms with Crippen molar-refractivity contribution in [3.8, 4) is 0 Å². The second kappa shape index (κ2) is 7.41. The van der Waals surface area contributed by atoms with Crippen LogP contribution in [0.2, 0.25) is 0 Å². The van der Waals surface area contributed by atoms with Crippen molar-refractivity contribution in [3.63, 3.8) is 0 Å². The van der Waals surface area contributed by atoms with E-state index in [1.807, 2.05) is 6.92 Å². The van der Waals surface area contributed by atoms with Gasteiger partial charge < -0.3 is 5.32 Å². The van der Waals surface area contributed by atoms with Crippen molar-refractivity contribution in [2.45, 2.75) is 25.7 Å². The van der Waals surface area contributed by atoms with E-state index in [1.165, 1.54) is 12.1 Å². The van der Waals surface area contributed by atoms with Crippen LogP contribution in [0.5, 0.6) is 0 Å². The summed E-state index contributed by atoms with van der Waals surface area (Å²) in [6.45, 7) is 1.82. The quantitative estimate of drug-likeness (QED) is 0.666. The van der Waals surface area contributed by atoms with Gasteiger partial charge in [0.1, 0.15) is 0 Å². The fraction of sp³-hybridized carbons (Fsp3) is 0.263. The third kappa shape index (κ3) is 4.87. The molecule has 10 heteroatoms. The Morgan fingerprint density at radius 3 is 1.97 bits per heavy atom. The molecule has 1 unspecified atom stereocenters. The van der Waals surface area contributed by atoms with Gasteiger partial charge in [-0.2, -0.15) is 31.4 Å². The van der Waals surface area contributed by atoms with Crippen LogP contribution in [-0.4, -0.2) is 11.6 Å². The second-order valence-electron chi connectivity index (χ2n) is 6.63. The predicted molar refractivity (Wildman–Crippen MR) is 94.6 cm³/mol. The molecule has 0 saturated heterocycles. The lowest BCUT2D eigenvalue weighted by atomic mass is 9.94. The summed E-state index contributed by atoms with van der Waals surface area (Å²) in [6.07, 6.45) is -9.56. The molecule has 0 aromatic heterocycles. The molecule has 1 aliphatic heterocycles. The average molecular weight is 415 g/mol. The lowest BCUT2D eigenvalue weighted by molar-refractivity contribution is -0.143. The maximum atomic E-state index is 13.0. The van der Waals surface area contributed by atoms with Crippen LogP contribution in [0.3, 0.4) is 0 Å². The van der Waals surface area contributed by atoms with Gasteiger partial charge in [-0.05, 0) is 35.9 Å². The number of hydrogen-bond acceptors (Lipinski definition) is 3. The molecule has 4 nitrogen and oxygen atoms in total. The molecule has 29 heavy (non-hydrogen) atoms. The molecule has 0 saturated carbocycles. The first-order valence-corrected chi connectivity index (χ1v) is 8.47. The Bertz CT molecular complexity index is 916. The summed E-state index contributed by atoms with van der Waals surface area (Å²) in [6, 6.07) is 7.56. The molecule has 0 bridgehead atoms. The molecule has 0 spiro atoms. The van der Waals surface area contributed by atoms with Gasteiger partial charge in [0.25, 0.3) is 0 Å². The van der Waals surface area contributed by atoms with E-state index in [1.54, 1.807) is 12.1 Å². The first-order chi connectivity index (χ1) is 13.4. The molecule has 1 amide bonds. The fourth-order valence-electron chi connectivity index (χ4n) is 2.92. The van der Waals surface area contributed by atoms with E-state index in [0.29, 0.717) is 29.1 Å². The highest BCUT2D eigenvalue weighted by molar-refractivity contribution is 6.05. The predicted octanol–water partition coefficient (Wildman–Crippen LogP) is 5.33. The Hall–Kier alpha value is -3.04. The van der Waals surface area contributed by atoms with E-state index in [9.17, 15) is 31.1 Å². The summed E-state index contributed by atoms with van der Waals surface area (Å²) in [5.41, 5.74) is 0.865. The van der Waals surface area contributed by atoms with Crippen LogP contribution in [-0.2, 0) is 17.1 Å². The Labute approximate surface area is 161 Å². The van der Waals surface area contributed by atoms with Crippen LogP contribution >= 0.6 is 0 Å². The van der Waals surface area contributed by atoms with E-state index in [4.69, 9.17) is 0 Å². The highest BCUT2D eigenvalue weighted by Gasteiger charge is 2.37. The van der Waals surface area contributed by atoms with E-state index >= 15 is 0 Å². The van der Waals surface area contributed by atoms with E-state index in [0.717, 1.165) is 0 Å². The number of carbonyl (C=O) groups excluding carboxylic acids is 1. The van der Waals surface area contributed by atoms with Crippen molar-refractivity contribution in [2.75, 3.05) is 5.32 Å². The highest BCUT2D eigenvalue weighted by Crippen LogP contribution is 2.38. The maximum Gasteiger partial charge on any atom is 0.416 e. The zero-order valence-electron chi connectivity index (χ0n) is 14.9. The molecular weight excluding hydrogens is 400 g/mol. The Kier molecular flexibility index (Phi) is 5.29. The highest BCUT2D eigenvalue weighted by atomic mass is 19.4. The van der Waals surface area contributed by atoms with Crippen LogP contribution in [0.4, 0.5) is 37.7 Å². The summed E-state index contributed by atoms with van der Waals surface area (Å²) in [4.78, 5) is 11.3. The van der Waals surface area contributed by atoms with E-state index in [2.05, 4.69) is 15.8 Å². The van der Waals surface area contributed by atoms with Gasteiger partial charge in [-0.25, -0.2) is 5.43 Å². The topological polar surface area (TPSA) is 53.5 Å². The Morgan fingerprint density at radius 1 is 0.931 bits per heavy atom. The summed E-state index contributed by atoms with van der Waals surface area (Å²) in [7, 11) is 0. The van der Waals surface area contributed by atoms with Gasteiger partial charge in [0.05, 0.1) is 16.8 Å². The van der Waals surface area contributed by atoms with Crippen molar-refractivity contribution in [1.82, 2.24) is 5.43 Å². The van der Waals surface area contributed by atoms with Gasteiger partial charge >= 0.3 is 12.4 Å². The molecule has 2 N–H and O–H groups in total. The molecule has 0 aliphatic carbocycles. The lowest BCUT2D eigenvalue weighted by Gasteiger charge is -2.19. The number of benzene rings is 2. The fourth-order valence-corrected chi connectivity index (χ4v) is 2.92. The van der Waals surface area contributed by atoms with Crippen molar-refractivity contribution >= 4 is 23.0 Å². The van der Waals surface area contributed by atoms with Crippen LogP contribution in [0.25, 0.3) is 0 Å². The van der Waals surface area contributed by atoms with Crippen molar-refractivity contribution < 1.29 is 31.1 Å². The van der Waals surface area contributed by atoms with Crippen LogP contribution in [0.1, 0.15) is 30.0 Å². The maximum absolute atomic E-state index is 13.0. The van der Waals surface area contributed by atoms with Crippen molar-refractivity contribution in [1.29, 1.82) is 0 Å². The monoisotopic (exact) mass is 415 g/mol. The number of nitrogens with one attached hydrogen (secondary N) is 2. The van der Waals surface area contributed by atoms with E-state index in [-0.39, 0.29) is 30.0 Å². The molecule has 3 rings (SSSR count). The molecule has 2 aromatic carbocycles. The number of hydrogen-bond donors (Lipinski definition) is 2. The minimum absolute atomic E-state index is 0.0746. The van der Waals surface area contributed by atoms with Crippen LogP contribution < -0.4 is 10.7 Å². The standard InChI is InChI=1S/C19H15F6N3O/c1-10-6-16(29)27-28-17(10)11-2-4-14(5-3-11)26-15-8-12(18(20,21)22)7-13(9-15)19(23,24)25/h2-5,7-10,26H,6H2,1H3,(H,27,29). The van der Waals surface area contributed by atoms with Gasteiger partial charge in [0, 0.05) is 23.7 Å². The summed E-state index contributed by atoms with van der Waals surface area (Å²) >= 11 is 0.